The van der Waals surface area contributed by atoms with Crippen LogP contribution in [0.2, 0.25) is 0 Å². The van der Waals surface area contributed by atoms with Gasteiger partial charge < -0.3 is 5.11 Å². The van der Waals surface area contributed by atoms with E-state index in [1.807, 2.05) is 0 Å². The Labute approximate surface area is 68.5 Å². The largest absolute Gasteiger partial charge is 0.515 e. The van der Waals surface area contributed by atoms with E-state index in [0.29, 0.717) is 12.5 Å². The molecular weight excluding hydrogens is 164 g/mol. The van der Waals surface area contributed by atoms with E-state index < -0.39 is 0 Å². The zero-order valence-electron chi connectivity index (χ0n) is 5.94. The highest BCUT2D eigenvalue weighted by Crippen LogP contribution is 1.95. The first-order chi connectivity index (χ1) is 5.24. The van der Waals surface area contributed by atoms with Crippen LogP contribution >= 0.6 is 11.8 Å². The van der Waals surface area contributed by atoms with Gasteiger partial charge in [-0.1, -0.05) is 11.8 Å². The minimum absolute atomic E-state index is 0.0452. The smallest absolute Gasteiger partial charge is 0.179 e. The summed E-state index contributed by atoms with van der Waals surface area (Å²) in [6, 6.07) is 0. The number of aldehydes is 1. The molecule has 5 heteroatoms. The molecular formula is C6H8N2O2S. The average Bonchev–Trinajstić information content (AvgIpc) is 2.06. The van der Waals surface area contributed by atoms with Gasteiger partial charge in [0.15, 0.2) is 11.5 Å². The van der Waals surface area contributed by atoms with Gasteiger partial charge in [-0.05, 0) is 6.26 Å². The maximum Gasteiger partial charge on any atom is 0.179 e. The van der Waals surface area contributed by atoms with Crippen molar-refractivity contribution in [2.75, 3.05) is 6.26 Å². The molecule has 0 radical (unpaired) electrons. The lowest BCUT2D eigenvalue weighted by atomic mass is 10.4. The highest BCUT2D eigenvalue weighted by atomic mass is 32.2. The van der Waals surface area contributed by atoms with Crippen molar-refractivity contribution in [3.63, 3.8) is 0 Å². The third-order valence-electron chi connectivity index (χ3n) is 0.809. The Morgan fingerprint density at radius 3 is 2.73 bits per heavy atom. The summed E-state index contributed by atoms with van der Waals surface area (Å²) in [4.78, 5) is 13.6. The molecule has 4 nitrogen and oxygen atoms in total. The Hall–Kier alpha value is -1.10. The summed E-state index contributed by atoms with van der Waals surface area (Å²) < 4.78 is 0. The maximum absolute atomic E-state index is 10.0. The normalized spacial score (nSPS) is 11.9. The number of amidine groups is 1. The van der Waals surface area contributed by atoms with Crippen LogP contribution in [-0.2, 0) is 4.79 Å². The molecule has 2 N–H and O–H groups in total. The van der Waals surface area contributed by atoms with Crippen LogP contribution in [0.3, 0.4) is 0 Å². The summed E-state index contributed by atoms with van der Waals surface area (Å²) in [5.41, 5.74) is 0.0452. The topological polar surface area (TPSA) is 73.5 Å². The van der Waals surface area contributed by atoms with Gasteiger partial charge in [-0.15, -0.1) is 0 Å². The first-order valence-corrected chi connectivity index (χ1v) is 3.93. The molecule has 0 spiro atoms. The monoisotopic (exact) mass is 172 g/mol. The van der Waals surface area contributed by atoms with Gasteiger partial charge in [0, 0.05) is 6.21 Å². The zero-order chi connectivity index (χ0) is 8.69. The van der Waals surface area contributed by atoms with Crippen LogP contribution < -0.4 is 0 Å². The highest BCUT2D eigenvalue weighted by Gasteiger charge is 1.89. The van der Waals surface area contributed by atoms with Crippen LogP contribution in [0, 0.1) is 5.41 Å². The van der Waals surface area contributed by atoms with Crippen LogP contribution in [0.1, 0.15) is 0 Å². The molecule has 0 aliphatic heterocycles. The Morgan fingerprint density at radius 2 is 2.36 bits per heavy atom. The molecule has 0 aromatic heterocycles. The van der Waals surface area contributed by atoms with Crippen LogP contribution in [0.5, 0.6) is 0 Å². The van der Waals surface area contributed by atoms with Crippen molar-refractivity contribution in [1.82, 2.24) is 0 Å². The van der Waals surface area contributed by atoms with Crippen LogP contribution in [0.4, 0.5) is 0 Å². The van der Waals surface area contributed by atoms with Gasteiger partial charge in [0.2, 0.25) is 0 Å². The number of carbonyl (C=O) groups is 1. The Kier molecular flexibility index (Phi) is 5.10. The Bertz CT molecular complexity index is 211. The van der Waals surface area contributed by atoms with Crippen LogP contribution in [0.25, 0.3) is 0 Å². The molecule has 0 fully saturated rings. The highest BCUT2D eigenvalue weighted by molar-refractivity contribution is 8.13. The number of aliphatic hydroxyl groups is 1. The van der Waals surface area contributed by atoms with E-state index in [0.717, 1.165) is 18.0 Å². The van der Waals surface area contributed by atoms with Crippen LogP contribution in [-0.4, -0.2) is 29.0 Å². The van der Waals surface area contributed by atoms with Crippen molar-refractivity contribution in [2.45, 2.75) is 0 Å². The molecule has 0 saturated heterocycles. The van der Waals surface area contributed by atoms with Crippen molar-refractivity contribution >= 4 is 29.4 Å². The molecule has 0 aliphatic carbocycles. The van der Waals surface area contributed by atoms with E-state index in [1.165, 1.54) is 0 Å². The van der Waals surface area contributed by atoms with Crippen molar-refractivity contribution < 1.29 is 9.90 Å². The second-order valence-corrected chi connectivity index (χ2v) is 2.31. The number of rotatable bonds is 2. The summed E-state index contributed by atoms with van der Waals surface area (Å²) in [6.07, 6.45) is 3.93. The van der Waals surface area contributed by atoms with E-state index in [2.05, 4.69) is 4.99 Å². The van der Waals surface area contributed by atoms with Crippen LogP contribution in [0.15, 0.2) is 16.8 Å². The van der Waals surface area contributed by atoms with Gasteiger partial charge in [0.25, 0.3) is 0 Å². The fourth-order valence-corrected chi connectivity index (χ4v) is 0.438. The fourth-order valence-electron chi connectivity index (χ4n) is 0.280. The number of hydrogen-bond acceptors (Lipinski definition) is 4. The number of nitrogens with zero attached hydrogens (tertiary/aromatic N) is 1. The summed E-state index contributed by atoms with van der Waals surface area (Å²) in [5.74, 6) is 0. The van der Waals surface area contributed by atoms with Gasteiger partial charge in [0.1, 0.15) is 0 Å². The molecule has 0 saturated carbocycles. The van der Waals surface area contributed by atoms with Crippen molar-refractivity contribution in [1.29, 1.82) is 5.41 Å². The third-order valence-corrected chi connectivity index (χ3v) is 1.30. The Balaban J connectivity index is 4.11. The number of aliphatic hydroxyl groups excluding tert-OH is 1. The number of hydrogen-bond donors (Lipinski definition) is 2. The summed E-state index contributed by atoms with van der Waals surface area (Å²) in [6.45, 7) is 0. The molecule has 11 heavy (non-hydrogen) atoms. The molecule has 0 aromatic carbocycles. The maximum atomic E-state index is 10.0. The third kappa shape index (κ3) is 4.32. The number of allylic oxidation sites excluding steroid dienone is 1. The van der Waals surface area contributed by atoms with Crippen molar-refractivity contribution in [3.05, 3.63) is 11.8 Å². The van der Waals surface area contributed by atoms with Gasteiger partial charge in [-0.3, -0.25) is 10.2 Å². The number of carbonyl (C=O) groups excluding carboxylic acids is 1. The van der Waals surface area contributed by atoms with E-state index >= 15 is 0 Å². The molecule has 0 aromatic rings. The van der Waals surface area contributed by atoms with Gasteiger partial charge >= 0.3 is 0 Å². The van der Waals surface area contributed by atoms with Crippen molar-refractivity contribution in [3.8, 4) is 0 Å². The van der Waals surface area contributed by atoms with E-state index in [-0.39, 0.29) is 10.7 Å². The van der Waals surface area contributed by atoms with Gasteiger partial charge in [-0.25, -0.2) is 4.99 Å². The fraction of sp³-hybridized carbons (Fsp3) is 0.167. The molecule has 0 unspecified atom stereocenters. The second kappa shape index (κ2) is 5.67. The number of aliphatic imine (C=N–C) groups is 1. The number of nitrogens with one attached hydrogen (secondary N) is 1. The average molecular weight is 172 g/mol. The molecule has 0 bridgehead atoms. The first-order valence-electron chi connectivity index (χ1n) is 2.70. The first kappa shape index (κ1) is 9.90. The summed E-state index contributed by atoms with van der Waals surface area (Å²) in [7, 11) is 0. The van der Waals surface area contributed by atoms with Gasteiger partial charge in [-0.2, -0.15) is 0 Å². The molecule has 0 heterocycles. The lowest BCUT2D eigenvalue weighted by molar-refractivity contribution is -0.104. The standard InChI is InChI=1S/C6H8N2O2S/c1-11-6(7)8-2-5(3-9)4-10/h2-4,7,9H,1H3/b5-3-,7-6?,8-2+. The second-order valence-electron chi connectivity index (χ2n) is 1.51. The van der Waals surface area contributed by atoms with Crippen molar-refractivity contribution in [2.24, 2.45) is 4.99 Å². The quantitative estimate of drug-likeness (QED) is 0.214. The van der Waals surface area contributed by atoms with E-state index in [9.17, 15) is 4.79 Å². The predicted molar refractivity (Wildman–Crippen MR) is 46.5 cm³/mol. The SMILES string of the molecule is CSC(=N)/N=C/C(C=O)=C/O. The molecule has 0 amide bonds. The zero-order valence-corrected chi connectivity index (χ0v) is 6.76. The lowest BCUT2D eigenvalue weighted by Crippen LogP contribution is -1.89. The Morgan fingerprint density at radius 1 is 1.73 bits per heavy atom. The lowest BCUT2D eigenvalue weighted by Gasteiger charge is -1.87. The number of thioether (sulfide) groups is 1. The summed E-state index contributed by atoms with van der Waals surface area (Å²) >= 11 is 1.15. The molecule has 0 aliphatic rings. The molecule has 60 valence electrons. The minimum atomic E-state index is 0.0452. The molecule has 0 atom stereocenters. The van der Waals surface area contributed by atoms with Gasteiger partial charge in [0.05, 0.1) is 11.8 Å². The minimum Gasteiger partial charge on any atom is -0.515 e. The van der Waals surface area contributed by atoms with E-state index in [4.69, 9.17) is 10.5 Å². The molecule has 0 rings (SSSR count). The van der Waals surface area contributed by atoms with E-state index in [1.54, 1.807) is 6.26 Å². The summed E-state index contributed by atoms with van der Waals surface area (Å²) in [5, 5.41) is 15.5. The predicted octanol–water partition coefficient (Wildman–Crippen LogP) is 0.996.